The van der Waals surface area contributed by atoms with Crippen LogP contribution in [0, 0.1) is 6.92 Å². The SMILES string of the molecule is C=C(C)CCOCc1nc(C)cc(Cl)n1. The van der Waals surface area contributed by atoms with Crippen molar-refractivity contribution in [2.24, 2.45) is 0 Å². The molecule has 0 amide bonds. The van der Waals surface area contributed by atoms with Crippen molar-refractivity contribution in [2.75, 3.05) is 6.61 Å². The Morgan fingerprint density at radius 1 is 1.53 bits per heavy atom. The molecule has 0 aromatic carbocycles. The highest BCUT2D eigenvalue weighted by Crippen LogP contribution is 2.07. The lowest BCUT2D eigenvalue weighted by molar-refractivity contribution is 0.118. The first kappa shape index (κ1) is 12.1. The Labute approximate surface area is 95.2 Å². The predicted molar refractivity (Wildman–Crippen MR) is 60.9 cm³/mol. The number of hydrogen-bond donors (Lipinski definition) is 0. The molecule has 0 fully saturated rings. The van der Waals surface area contributed by atoms with E-state index in [4.69, 9.17) is 16.3 Å². The molecule has 0 spiro atoms. The molecule has 1 aromatic heterocycles. The smallest absolute Gasteiger partial charge is 0.155 e. The van der Waals surface area contributed by atoms with Crippen molar-refractivity contribution in [1.82, 2.24) is 9.97 Å². The van der Waals surface area contributed by atoms with E-state index < -0.39 is 0 Å². The summed E-state index contributed by atoms with van der Waals surface area (Å²) in [6.45, 7) is 8.69. The minimum Gasteiger partial charge on any atom is -0.373 e. The molecule has 0 aliphatic rings. The average molecular weight is 227 g/mol. The first-order valence-electron chi connectivity index (χ1n) is 4.80. The third-order valence-electron chi connectivity index (χ3n) is 1.77. The van der Waals surface area contributed by atoms with Gasteiger partial charge in [-0.3, -0.25) is 0 Å². The number of halogens is 1. The summed E-state index contributed by atoms with van der Waals surface area (Å²) >= 11 is 5.79. The van der Waals surface area contributed by atoms with Gasteiger partial charge in [-0.2, -0.15) is 0 Å². The van der Waals surface area contributed by atoms with Crippen LogP contribution in [-0.4, -0.2) is 16.6 Å². The van der Waals surface area contributed by atoms with Crippen molar-refractivity contribution in [2.45, 2.75) is 26.9 Å². The highest BCUT2D eigenvalue weighted by molar-refractivity contribution is 6.29. The summed E-state index contributed by atoms with van der Waals surface area (Å²) in [6, 6.07) is 1.72. The highest BCUT2D eigenvalue weighted by Gasteiger charge is 2.00. The standard InChI is InChI=1S/C11H15ClN2O/c1-8(2)4-5-15-7-11-13-9(3)6-10(12)14-11/h6H,1,4-5,7H2,2-3H3. The molecular weight excluding hydrogens is 212 g/mol. The topological polar surface area (TPSA) is 35.0 Å². The number of aromatic nitrogens is 2. The van der Waals surface area contributed by atoms with Gasteiger partial charge in [-0.1, -0.05) is 17.2 Å². The van der Waals surface area contributed by atoms with E-state index in [-0.39, 0.29) is 0 Å². The Bertz CT molecular complexity index is 332. The van der Waals surface area contributed by atoms with Gasteiger partial charge in [-0.05, 0) is 26.3 Å². The van der Waals surface area contributed by atoms with Crippen LogP contribution >= 0.6 is 11.6 Å². The summed E-state index contributed by atoms with van der Waals surface area (Å²) in [5.74, 6) is 0.627. The van der Waals surface area contributed by atoms with E-state index in [1.165, 1.54) is 0 Å². The maximum Gasteiger partial charge on any atom is 0.155 e. The molecule has 0 unspecified atom stereocenters. The van der Waals surface area contributed by atoms with Gasteiger partial charge in [-0.15, -0.1) is 6.58 Å². The van der Waals surface area contributed by atoms with Crippen LogP contribution in [0.15, 0.2) is 18.2 Å². The molecule has 0 atom stereocenters. The minimum absolute atomic E-state index is 0.397. The molecule has 0 aliphatic carbocycles. The second-order valence-corrected chi connectivity index (χ2v) is 3.90. The summed E-state index contributed by atoms with van der Waals surface area (Å²) < 4.78 is 5.40. The normalized spacial score (nSPS) is 10.3. The van der Waals surface area contributed by atoms with Crippen LogP contribution in [0.5, 0.6) is 0 Å². The maximum absolute atomic E-state index is 5.79. The highest BCUT2D eigenvalue weighted by atomic mass is 35.5. The summed E-state index contributed by atoms with van der Waals surface area (Å²) in [4.78, 5) is 8.27. The molecule has 0 bridgehead atoms. The first-order valence-corrected chi connectivity index (χ1v) is 5.18. The van der Waals surface area contributed by atoms with Crippen LogP contribution in [0.3, 0.4) is 0 Å². The third-order valence-corrected chi connectivity index (χ3v) is 1.97. The summed E-state index contributed by atoms with van der Waals surface area (Å²) in [7, 11) is 0. The number of rotatable bonds is 5. The van der Waals surface area contributed by atoms with Crippen LogP contribution in [0.25, 0.3) is 0 Å². The van der Waals surface area contributed by atoms with E-state index in [0.29, 0.717) is 24.2 Å². The van der Waals surface area contributed by atoms with Crippen LogP contribution in [0.2, 0.25) is 5.15 Å². The van der Waals surface area contributed by atoms with Gasteiger partial charge in [0.2, 0.25) is 0 Å². The van der Waals surface area contributed by atoms with Crippen molar-refractivity contribution in [3.63, 3.8) is 0 Å². The molecular formula is C11H15ClN2O. The molecule has 15 heavy (non-hydrogen) atoms. The van der Waals surface area contributed by atoms with E-state index in [2.05, 4.69) is 16.5 Å². The van der Waals surface area contributed by atoms with E-state index in [9.17, 15) is 0 Å². The molecule has 3 nitrogen and oxygen atoms in total. The van der Waals surface area contributed by atoms with Crippen LogP contribution in [0.1, 0.15) is 24.9 Å². The van der Waals surface area contributed by atoms with Gasteiger partial charge < -0.3 is 4.74 Å². The molecule has 82 valence electrons. The van der Waals surface area contributed by atoms with Gasteiger partial charge in [-0.25, -0.2) is 9.97 Å². The third kappa shape index (κ3) is 4.91. The molecule has 1 aromatic rings. The molecule has 0 aliphatic heterocycles. The van der Waals surface area contributed by atoms with Crippen LogP contribution in [-0.2, 0) is 11.3 Å². The van der Waals surface area contributed by atoms with Crippen LogP contribution < -0.4 is 0 Å². The van der Waals surface area contributed by atoms with Crippen molar-refractivity contribution in [3.05, 3.63) is 34.9 Å². The second kappa shape index (κ2) is 5.83. The Kier molecular flexibility index (Phi) is 4.72. The van der Waals surface area contributed by atoms with Gasteiger partial charge in [0.25, 0.3) is 0 Å². The maximum atomic E-state index is 5.79. The Morgan fingerprint density at radius 2 is 2.27 bits per heavy atom. The van der Waals surface area contributed by atoms with Gasteiger partial charge >= 0.3 is 0 Å². The zero-order valence-electron chi connectivity index (χ0n) is 9.09. The monoisotopic (exact) mass is 226 g/mol. The molecule has 0 N–H and O–H groups in total. The minimum atomic E-state index is 0.397. The largest absolute Gasteiger partial charge is 0.373 e. The van der Waals surface area contributed by atoms with Gasteiger partial charge in [0.05, 0.1) is 6.61 Å². The zero-order chi connectivity index (χ0) is 11.3. The lowest BCUT2D eigenvalue weighted by Crippen LogP contribution is -2.02. The lowest BCUT2D eigenvalue weighted by atomic mass is 10.3. The molecule has 0 saturated carbocycles. The summed E-state index contributed by atoms with van der Waals surface area (Å²) in [5, 5.41) is 0.459. The number of ether oxygens (including phenoxy) is 1. The summed E-state index contributed by atoms with van der Waals surface area (Å²) in [6.07, 6.45) is 0.861. The fraction of sp³-hybridized carbons (Fsp3) is 0.455. The van der Waals surface area contributed by atoms with Crippen molar-refractivity contribution in [1.29, 1.82) is 0 Å². The lowest BCUT2D eigenvalue weighted by Gasteiger charge is -2.04. The van der Waals surface area contributed by atoms with Gasteiger partial charge in [0.1, 0.15) is 11.8 Å². The Morgan fingerprint density at radius 3 is 2.87 bits per heavy atom. The van der Waals surface area contributed by atoms with E-state index >= 15 is 0 Å². The molecule has 1 heterocycles. The zero-order valence-corrected chi connectivity index (χ0v) is 9.84. The predicted octanol–water partition coefficient (Wildman–Crippen LogP) is 2.92. The van der Waals surface area contributed by atoms with Gasteiger partial charge in [0.15, 0.2) is 5.82 Å². The summed E-state index contributed by atoms with van der Waals surface area (Å²) in [5.41, 5.74) is 1.96. The van der Waals surface area contributed by atoms with Crippen LogP contribution in [0.4, 0.5) is 0 Å². The molecule has 1 rings (SSSR count). The Hall–Kier alpha value is -0.930. The number of nitrogens with zero attached hydrogens (tertiary/aromatic N) is 2. The van der Waals surface area contributed by atoms with E-state index in [1.807, 2.05) is 13.8 Å². The average Bonchev–Trinajstić information content (AvgIpc) is 2.10. The molecule has 0 radical (unpaired) electrons. The van der Waals surface area contributed by atoms with Crippen molar-refractivity contribution >= 4 is 11.6 Å². The first-order chi connectivity index (χ1) is 7.08. The van der Waals surface area contributed by atoms with Gasteiger partial charge in [0, 0.05) is 5.69 Å². The fourth-order valence-corrected chi connectivity index (χ4v) is 1.32. The Balaban J connectivity index is 2.40. The second-order valence-electron chi connectivity index (χ2n) is 3.51. The van der Waals surface area contributed by atoms with Crippen molar-refractivity contribution in [3.8, 4) is 0 Å². The fourth-order valence-electron chi connectivity index (χ4n) is 1.06. The quantitative estimate of drug-likeness (QED) is 0.440. The molecule has 4 heteroatoms. The number of aryl methyl sites for hydroxylation is 1. The van der Waals surface area contributed by atoms with Crippen molar-refractivity contribution < 1.29 is 4.74 Å². The van der Waals surface area contributed by atoms with E-state index in [0.717, 1.165) is 17.7 Å². The number of hydrogen-bond acceptors (Lipinski definition) is 3. The molecule has 0 saturated heterocycles. The van der Waals surface area contributed by atoms with E-state index in [1.54, 1.807) is 6.07 Å².